The van der Waals surface area contributed by atoms with Crippen molar-refractivity contribution < 1.29 is 19.1 Å². The van der Waals surface area contributed by atoms with Crippen molar-refractivity contribution in [3.05, 3.63) is 35.6 Å². The number of halogens is 2. The van der Waals surface area contributed by atoms with E-state index < -0.39 is 5.97 Å². The molecule has 1 aromatic carbocycles. The van der Waals surface area contributed by atoms with Gasteiger partial charge in [-0.15, -0.1) is 12.4 Å². The van der Waals surface area contributed by atoms with Gasteiger partial charge in [-0.2, -0.15) is 0 Å². The lowest BCUT2D eigenvalue weighted by Crippen LogP contribution is -2.49. The number of hydrogen-bond acceptors (Lipinski definition) is 3. The number of nitrogens with zero attached hydrogens (tertiary/aromatic N) is 1. The average molecular weight is 359 g/mol. The summed E-state index contributed by atoms with van der Waals surface area (Å²) in [5.74, 6) is -1.47. The summed E-state index contributed by atoms with van der Waals surface area (Å²) in [6.45, 7) is 4.90. The van der Waals surface area contributed by atoms with Crippen LogP contribution in [0.15, 0.2) is 24.3 Å². The van der Waals surface area contributed by atoms with Crippen LogP contribution in [-0.4, -0.2) is 41.0 Å². The van der Waals surface area contributed by atoms with E-state index in [4.69, 9.17) is 5.11 Å². The van der Waals surface area contributed by atoms with Crippen LogP contribution in [0.1, 0.15) is 38.3 Å². The number of carboxylic acid groups (broad SMARTS) is 1. The van der Waals surface area contributed by atoms with Crippen LogP contribution in [-0.2, 0) is 9.59 Å². The van der Waals surface area contributed by atoms with E-state index in [2.05, 4.69) is 5.32 Å². The Labute approximate surface area is 147 Å². The highest BCUT2D eigenvalue weighted by molar-refractivity contribution is 5.85. The highest BCUT2D eigenvalue weighted by Crippen LogP contribution is 2.20. The number of amides is 1. The van der Waals surface area contributed by atoms with Crippen molar-refractivity contribution in [1.82, 2.24) is 10.2 Å². The van der Waals surface area contributed by atoms with Gasteiger partial charge in [0.2, 0.25) is 5.91 Å². The van der Waals surface area contributed by atoms with Crippen LogP contribution in [0.25, 0.3) is 0 Å². The Balaban J connectivity index is 0.00000288. The molecule has 1 heterocycles. The molecule has 1 saturated heterocycles. The topological polar surface area (TPSA) is 69.6 Å². The standard InChI is InChI=1S/C17H23FN2O3.ClH/c1-11(13-3-5-15(18)6-4-13)19-16(21)12(2)20-9-7-14(8-10-20)17(22)23;/h3-6,11-12,14H,7-10H2,1-2H3,(H,19,21)(H,22,23);1H. The van der Waals surface area contributed by atoms with Crippen molar-refractivity contribution >= 4 is 24.3 Å². The van der Waals surface area contributed by atoms with E-state index in [1.165, 1.54) is 12.1 Å². The largest absolute Gasteiger partial charge is 0.481 e. The first-order valence-corrected chi connectivity index (χ1v) is 7.91. The second kappa shape index (κ2) is 8.99. The number of piperidine rings is 1. The Morgan fingerprint density at radius 1 is 1.21 bits per heavy atom. The molecule has 7 heteroatoms. The van der Waals surface area contributed by atoms with Crippen molar-refractivity contribution in [3.8, 4) is 0 Å². The van der Waals surface area contributed by atoms with Gasteiger partial charge in [-0.1, -0.05) is 12.1 Å². The molecule has 1 aliphatic heterocycles. The van der Waals surface area contributed by atoms with Crippen LogP contribution >= 0.6 is 12.4 Å². The zero-order valence-electron chi connectivity index (χ0n) is 13.9. The van der Waals surface area contributed by atoms with E-state index in [9.17, 15) is 14.0 Å². The third-order valence-corrected chi connectivity index (χ3v) is 4.53. The smallest absolute Gasteiger partial charge is 0.306 e. The molecular formula is C17H24ClFN2O3. The zero-order valence-corrected chi connectivity index (χ0v) is 14.7. The van der Waals surface area contributed by atoms with Crippen LogP contribution < -0.4 is 5.32 Å². The molecular weight excluding hydrogens is 335 g/mol. The number of nitrogens with one attached hydrogen (secondary N) is 1. The fourth-order valence-electron chi connectivity index (χ4n) is 2.87. The molecule has 0 aliphatic carbocycles. The van der Waals surface area contributed by atoms with E-state index in [-0.39, 0.29) is 42.1 Å². The third kappa shape index (κ3) is 5.18. The maximum Gasteiger partial charge on any atom is 0.306 e. The van der Waals surface area contributed by atoms with Gasteiger partial charge in [-0.3, -0.25) is 14.5 Å². The SMILES string of the molecule is CC(NC(=O)C(C)N1CCC(C(=O)O)CC1)c1ccc(F)cc1.Cl. The normalized spacial score (nSPS) is 18.3. The average Bonchev–Trinajstić information content (AvgIpc) is 2.54. The molecule has 1 aliphatic rings. The first-order valence-electron chi connectivity index (χ1n) is 7.91. The second-order valence-electron chi connectivity index (χ2n) is 6.11. The molecule has 2 N–H and O–H groups in total. The maximum atomic E-state index is 12.9. The molecule has 0 bridgehead atoms. The molecule has 134 valence electrons. The number of carbonyl (C=O) groups excluding carboxylic acids is 1. The van der Waals surface area contributed by atoms with Crippen LogP contribution in [0.4, 0.5) is 4.39 Å². The molecule has 2 unspecified atom stereocenters. The summed E-state index contributed by atoms with van der Waals surface area (Å²) >= 11 is 0. The lowest BCUT2D eigenvalue weighted by atomic mass is 9.96. The lowest BCUT2D eigenvalue weighted by molar-refractivity contribution is -0.143. The number of benzene rings is 1. The van der Waals surface area contributed by atoms with Gasteiger partial charge in [-0.25, -0.2) is 4.39 Å². The predicted octanol–water partition coefficient (Wildman–Crippen LogP) is 2.61. The lowest BCUT2D eigenvalue weighted by Gasteiger charge is -2.34. The number of hydrogen-bond donors (Lipinski definition) is 2. The van der Waals surface area contributed by atoms with E-state index in [1.54, 1.807) is 12.1 Å². The van der Waals surface area contributed by atoms with E-state index in [1.807, 2.05) is 18.7 Å². The van der Waals surface area contributed by atoms with Gasteiger partial charge in [0.25, 0.3) is 0 Å². The first kappa shape index (κ1) is 20.4. The minimum atomic E-state index is -0.758. The van der Waals surface area contributed by atoms with Crippen molar-refractivity contribution in [2.24, 2.45) is 5.92 Å². The first-order chi connectivity index (χ1) is 10.9. The third-order valence-electron chi connectivity index (χ3n) is 4.53. The molecule has 2 rings (SSSR count). The van der Waals surface area contributed by atoms with Gasteiger partial charge in [0.1, 0.15) is 5.82 Å². The summed E-state index contributed by atoms with van der Waals surface area (Å²) in [6.07, 6.45) is 1.14. The summed E-state index contributed by atoms with van der Waals surface area (Å²) in [4.78, 5) is 25.3. The Morgan fingerprint density at radius 3 is 2.25 bits per heavy atom. The molecule has 1 fully saturated rings. The Morgan fingerprint density at radius 2 is 1.75 bits per heavy atom. The zero-order chi connectivity index (χ0) is 17.0. The summed E-state index contributed by atoms with van der Waals surface area (Å²) in [7, 11) is 0. The molecule has 5 nitrogen and oxygen atoms in total. The van der Waals surface area contributed by atoms with Gasteiger partial charge in [0.15, 0.2) is 0 Å². The Bertz CT molecular complexity index is 559. The molecule has 0 radical (unpaired) electrons. The molecule has 1 aromatic rings. The summed E-state index contributed by atoms with van der Waals surface area (Å²) in [5.41, 5.74) is 0.844. The van der Waals surface area contributed by atoms with Crippen LogP contribution in [0.5, 0.6) is 0 Å². The molecule has 24 heavy (non-hydrogen) atoms. The van der Waals surface area contributed by atoms with E-state index in [0.29, 0.717) is 25.9 Å². The van der Waals surface area contributed by atoms with Gasteiger partial charge in [0, 0.05) is 0 Å². The minimum Gasteiger partial charge on any atom is -0.481 e. The molecule has 0 aromatic heterocycles. The number of likely N-dealkylation sites (tertiary alicyclic amines) is 1. The van der Waals surface area contributed by atoms with Crippen molar-refractivity contribution in [2.75, 3.05) is 13.1 Å². The van der Waals surface area contributed by atoms with Gasteiger partial charge in [-0.05, 0) is 57.5 Å². The summed E-state index contributed by atoms with van der Waals surface area (Å²) in [6, 6.07) is 5.54. The molecule has 2 atom stereocenters. The van der Waals surface area contributed by atoms with E-state index >= 15 is 0 Å². The number of carbonyl (C=O) groups is 2. The highest BCUT2D eigenvalue weighted by atomic mass is 35.5. The van der Waals surface area contributed by atoms with Crippen LogP contribution in [0.3, 0.4) is 0 Å². The number of aliphatic carboxylic acids is 1. The molecule has 0 spiro atoms. The van der Waals surface area contributed by atoms with Crippen molar-refractivity contribution in [1.29, 1.82) is 0 Å². The highest BCUT2D eigenvalue weighted by Gasteiger charge is 2.29. The minimum absolute atomic E-state index is 0. The predicted molar refractivity (Wildman–Crippen MR) is 91.6 cm³/mol. The monoisotopic (exact) mass is 358 g/mol. The molecule has 0 saturated carbocycles. The van der Waals surface area contributed by atoms with Crippen molar-refractivity contribution in [2.45, 2.75) is 38.8 Å². The van der Waals surface area contributed by atoms with Crippen molar-refractivity contribution in [3.63, 3.8) is 0 Å². The van der Waals surface area contributed by atoms with Gasteiger partial charge < -0.3 is 10.4 Å². The number of carboxylic acids is 1. The summed E-state index contributed by atoms with van der Waals surface area (Å²) in [5, 5.41) is 11.9. The molecule has 1 amide bonds. The van der Waals surface area contributed by atoms with Crippen LogP contribution in [0, 0.1) is 11.7 Å². The Hall–Kier alpha value is -1.66. The summed E-state index contributed by atoms with van der Waals surface area (Å²) < 4.78 is 12.9. The quantitative estimate of drug-likeness (QED) is 0.848. The fraction of sp³-hybridized carbons (Fsp3) is 0.529. The Kier molecular flexibility index (Phi) is 7.63. The second-order valence-corrected chi connectivity index (χ2v) is 6.11. The van der Waals surface area contributed by atoms with E-state index in [0.717, 1.165) is 5.56 Å². The van der Waals surface area contributed by atoms with Gasteiger partial charge in [0.05, 0.1) is 18.0 Å². The number of rotatable bonds is 5. The van der Waals surface area contributed by atoms with Gasteiger partial charge >= 0.3 is 5.97 Å². The fourth-order valence-corrected chi connectivity index (χ4v) is 2.87. The van der Waals surface area contributed by atoms with Crippen LogP contribution in [0.2, 0.25) is 0 Å². The maximum absolute atomic E-state index is 12.9.